The molecule has 5 nitrogen and oxygen atoms in total. The fraction of sp³-hybridized carbons (Fsp3) is 0.476. The first-order valence-corrected chi connectivity index (χ1v) is 9.58. The second kappa shape index (κ2) is 9.55. The third kappa shape index (κ3) is 5.44. The van der Waals surface area contributed by atoms with Crippen LogP contribution in [0.1, 0.15) is 44.4 Å². The summed E-state index contributed by atoms with van der Waals surface area (Å²) in [7, 11) is 0. The number of likely N-dealkylation sites (tertiary alicyclic amines) is 1. The first-order valence-electron chi connectivity index (χ1n) is 9.58. The molecule has 2 N–H and O–H groups in total. The zero-order valence-corrected chi connectivity index (χ0v) is 15.5. The number of benzene rings is 1. The van der Waals surface area contributed by atoms with Crippen LogP contribution < -0.4 is 10.6 Å². The van der Waals surface area contributed by atoms with Gasteiger partial charge in [-0.3, -0.25) is 9.69 Å². The van der Waals surface area contributed by atoms with Crippen LogP contribution in [0.2, 0.25) is 0 Å². The highest BCUT2D eigenvalue weighted by molar-refractivity contribution is 5.90. The van der Waals surface area contributed by atoms with Crippen molar-refractivity contribution >= 4 is 11.6 Å². The van der Waals surface area contributed by atoms with Gasteiger partial charge in [-0.1, -0.05) is 24.6 Å². The van der Waals surface area contributed by atoms with E-state index in [2.05, 4.69) is 22.5 Å². The topological polar surface area (TPSA) is 57.5 Å². The van der Waals surface area contributed by atoms with Crippen molar-refractivity contribution in [2.45, 2.75) is 44.7 Å². The molecule has 0 radical (unpaired) electrons. The van der Waals surface area contributed by atoms with Crippen LogP contribution in [-0.2, 0) is 4.79 Å². The van der Waals surface area contributed by atoms with Gasteiger partial charge in [0.2, 0.25) is 5.91 Å². The maximum atomic E-state index is 12.2. The molecule has 1 aromatic heterocycles. The largest absolute Gasteiger partial charge is 0.468 e. The summed E-state index contributed by atoms with van der Waals surface area (Å²) in [6.45, 7) is 5.05. The van der Waals surface area contributed by atoms with Crippen molar-refractivity contribution in [3.63, 3.8) is 0 Å². The molecular weight excluding hydrogens is 326 g/mol. The number of para-hydroxylation sites is 1. The van der Waals surface area contributed by atoms with E-state index in [1.807, 2.05) is 42.5 Å². The fourth-order valence-electron chi connectivity index (χ4n) is 3.52. The number of hydrogen-bond donors (Lipinski definition) is 2. The van der Waals surface area contributed by atoms with Crippen LogP contribution in [0.5, 0.6) is 0 Å². The maximum absolute atomic E-state index is 12.2. The van der Waals surface area contributed by atoms with E-state index in [0.717, 1.165) is 31.1 Å². The van der Waals surface area contributed by atoms with Gasteiger partial charge in [-0.05, 0) is 57.1 Å². The number of furan rings is 1. The Labute approximate surface area is 155 Å². The molecule has 2 heterocycles. The zero-order chi connectivity index (χ0) is 18.2. The summed E-state index contributed by atoms with van der Waals surface area (Å²) in [5, 5.41) is 6.47. The first-order chi connectivity index (χ1) is 12.7. The van der Waals surface area contributed by atoms with Crippen molar-refractivity contribution in [3.05, 3.63) is 54.5 Å². The number of carbonyl (C=O) groups excluding carboxylic acids is 1. The number of nitrogens with one attached hydrogen (secondary N) is 2. The van der Waals surface area contributed by atoms with E-state index < -0.39 is 0 Å². The summed E-state index contributed by atoms with van der Waals surface area (Å²) in [5.41, 5.74) is 0.839. The van der Waals surface area contributed by atoms with Crippen LogP contribution in [0, 0.1) is 0 Å². The van der Waals surface area contributed by atoms with Gasteiger partial charge >= 0.3 is 0 Å². The summed E-state index contributed by atoms with van der Waals surface area (Å²) in [6.07, 6.45) is 5.98. The van der Waals surface area contributed by atoms with Crippen molar-refractivity contribution in [2.75, 3.05) is 25.0 Å². The predicted octanol–water partition coefficient (Wildman–Crippen LogP) is 3.81. The molecule has 0 aliphatic carbocycles. The van der Waals surface area contributed by atoms with Crippen molar-refractivity contribution in [1.82, 2.24) is 10.2 Å². The minimum atomic E-state index is 0.0312. The van der Waals surface area contributed by atoms with E-state index in [9.17, 15) is 4.79 Å². The third-order valence-electron chi connectivity index (χ3n) is 4.91. The Morgan fingerprint density at radius 2 is 1.88 bits per heavy atom. The first kappa shape index (κ1) is 18.7. The highest BCUT2D eigenvalue weighted by Gasteiger charge is 2.24. The van der Waals surface area contributed by atoms with E-state index in [0.29, 0.717) is 6.42 Å². The van der Waals surface area contributed by atoms with E-state index in [-0.39, 0.29) is 18.0 Å². The van der Waals surface area contributed by atoms with Crippen LogP contribution in [-0.4, -0.2) is 36.5 Å². The lowest BCUT2D eigenvalue weighted by Crippen LogP contribution is -2.41. The molecule has 2 atom stereocenters. The molecule has 0 bridgehead atoms. The van der Waals surface area contributed by atoms with Crippen LogP contribution in [0.25, 0.3) is 0 Å². The Balaban J connectivity index is 1.50. The van der Waals surface area contributed by atoms with E-state index in [1.54, 1.807) is 6.26 Å². The van der Waals surface area contributed by atoms with Crippen molar-refractivity contribution in [3.8, 4) is 0 Å². The molecule has 1 aromatic carbocycles. The molecule has 140 valence electrons. The van der Waals surface area contributed by atoms with Crippen LogP contribution in [0.3, 0.4) is 0 Å². The Bertz CT molecular complexity index is 651. The Morgan fingerprint density at radius 1 is 1.12 bits per heavy atom. The van der Waals surface area contributed by atoms with Crippen LogP contribution >= 0.6 is 0 Å². The smallest absolute Gasteiger partial charge is 0.225 e. The van der Waals surface area contributed by atoms with Crippen molar-refractivity contribution in [1.29, 1.82) is 0 Å². The number of rotatable bonds is 8. The lowest BCUT2D eigenvalue weighted by atomic mass is 10.1. The molecule has 1 saturated heterocycles. The Hall–Kier alpha value is -2.11. The van der Waals surface area contributed by atoms with Gasteiger partial charge in [-0.25, -0.2) is 0 Å². The molecule has 1 aliphatic heterocycles. The zero-order valence-electron chi connectivity index (χ0n) is 15.5. The molecule has 0 spiro atoms. The van der Waals surface area contributed by atoms with Gasteiger partial charge in [0.05, 0.1) is 12.3 Å². The lowest BCUT2D eigenvalue weighted by Gasteiger charge is -2.34. The molecule has 1 amide bonds. The molecule has 5 heteroatoms. The number of nitrogens with zero attached hydrogens (tertiary/aromatic N) is 1. The fourth-order valence-corrected chi connectivity index (χ4v) is 3.52. The quantitative estimate of drug-likeness (QED) is 0.756. The van der Waals surface area contributed by atoms with Gasteiger partial charge in [-0.2, -0.15) is 0 Å². The van der Waals surface area contributed by atoms with E-state index in [1.165, 1.54) is 19.3 Å². The highest BCUT2D eigenvalue weighted by Crippen LogP contribution is 2.24. The molecule has 0 saturated carbocycles. The van der Waals surface area contributed by atoms with Gasteiger partial charge in [0, 0.05) is 24.7 Å². The summed E-state index contributed by atoms with van der Waals surface area (Å²) in [5.74, 6) is 1.03. The van der Waals surface area contributed by atoms with Gasteiger partial charge in [0.15, 0.2) is 0 Å². The average molecular weight is 355 g/mol. The summed E-state index contributed by atoms with van der Waals surface area (Å²) in [6, 6.07) is 13.9. The molecule has 2 aromatic rings. The molecular formula is C21H29N3O2. The van der Waals surface area contributed by atoms with Gasteiger partial charge in [0.25, 0.3) is 0 Å². The average Bonchev–Trinajstić information content (AvgIpc) is 3.18. The second-order valence-electron chi connectivity index (χ2n) is 7.06. The normalized spacial score (nSPS) is 17.6. The number of carbonyl (C=O) groups is 1. The SMILES string of the molecule is C[C@@H](CC(=O)Nc1ccccc1)NC[C@H](c1ccco1)N1CCCCC1. The van der Waals surface area contributed by atoms with E-state index >= 15 is 0 Å². The molecule has 3 rings (SSSR count). The van der Waals surface area contributed by atoms with Crippen LogP contribution in [0.15, 0.2) is 53.1 Å². The highest BCUT2D eigenvalue weighted by atomic mass is 16.3. The van der Waals surface area contributed by atoms with Gasteiger partial charge in [-0.15, -0.1) is 0 Å². The minimum Gasteiger partial charge on any atom is -0.468 e. The summed E-state index contributed by atoms with van der Waals surface area (Å²) < 4.78 is 5.68. The number of anilines is 1. The second-order valence-corrected chi connectivity index (χ2v) is 7.06. The number of piperidine rings is 1. The third-order valence-corrected chi connectivity index (χ3v) is 4.91. The Kier molecular flexibility index (Phi) is 6.86. The van der Waals surface area contributed by atoms with Crippen molar-refractivity contribution in [2.24, 2.45) is 0 Å². The standard InChI is InChI=1S/C21H29N3O2/c1-17(15-21(25)23-18-9-4-2-5-10-18)22-16-19(20-11-8-14-26-20)24-12-6-3-7-13-24/h2,4-5,8-11,14,17,19,22H,3,6-7,12-13,15-16H2,1H3,(H,23,25)/t17-,19+/m0/s1. The maximum Gasteiger partial charge on any atom is 0.225 e. The Morgan fingerprint density at radius 3 is 2.58 bits per heavy atom. The number of hydrogen-bond acceptors (Lipinski definition) is 4. The molecule has 26 heavy (non-hydrogen) atoms. The molecule has 1 aliphatic rings. The van der Waals surface area contributed by atoms with E-state index in [4.69, 9.17) is 4.42 Å². The monoisotopic (exact) mass is 355 g/mol. The molecule has 0 unspecified atom stereocenters. The summed E-state index contributed by atoms with van der Waals surface area (Å²) >= 11 is 0. The molecule has 1 fully saturated rings. The van der Waals surface area contributed by atoms with Crippen molar-refractivity contribution < 1.29 is 9.21 Å². The number of amides is 1. The summed E-state index contributed by atoms with van der Waals surface area (Å²) in [4.78, 5) is 14.7. The van der Waals surface area contributed by atoms with Gasteiger partial charge in [0.1, 0.15) is 5.76 Å². The minimum absolute atomic E-state index is 0.0312. The van der Waals surface area contributed by atoms with Crippen LogP contribution in [0.4, 0.5) is 5.69 Å². The lowest BCUT2D eigenvalue weighted by molar-refractivity contribution is -0.116. The predicted molar refractivity (Wildman–Crippen MR) is 104 cm³/mol. The van der Waals surface area contributed by atoms with Gasteiger partial charge < -0.3 is 15.1 Å².